The zero-order valence-electron chi connectivity index (χ0n) is 10.8. The van der Waals surface area contributed by atoms with Crippen molar-refractivity contribution in [2.24, 2.45) is 0 Å². The third-order valence-electron chi connectivity index (χ3n) is 2.77. The van der Waals surface area contributed by atoms with E-state index in [9.17, 15) is 9.18 Å². The topological polar surface area (TPSA) is 42.0 Å². The van der Waals surface area contributed by atoms with Crippen molar-refractivity contribution >= 4 is 27.7 Å². The van der Waals surface area contributed by atoms with Crippen molar-refractivity contribution in [3.63, 3.8) is 0 Å². The number of nitrogens with one attached hydrogen (secondary N) is 1. The van der Waals surface area contributed by atoms with Gasteiger partial charge in [0.05, 0.1) is 0 Å². The van der Waals surface area contributed by atoms with Crippen molar-refractivity contribution in [3.8, 4) is 0 Å². The molecule has 0 radical (unpaired) electrons. The van der Waals surface area contributed by atoms with Crippen LogP contribution in [0.4, 0.5) is 10.2 Å². The van der Waals surface area contributed by atoms with Crippen LogP contribution in [0.25, 0.3) is 0 Å². The molecule has 20 heavy (non-hydrogen) atoms. The molecule has 2 rings (SSSR count). The fraction of sp³-hybridized carbons (Fsp3) is 0.200. The van der Waals surface area contributed by atoms with Crippen LogP contribution in [0.5, 0.6) is 0 Å². The van der Waals surface area contributed by atoms with Gasteiger partial charge in [-0.1, -0.05) is 28.1 Å². The first-order valence-electron chi connectivity index (χ1n) is 6.29. The number of aromatic nitrogens is 1. The Hall–Kier alpha value is -1.75. The highest BCUT2D eigenvalue weighted by atomic mass is 79.9. The zero-order valence-corrected chi connectivity index (χ0v) is 12.4. The zero-order chi connectivity index (χ0) is 14.4. The van der Waals surface area contributed by atoms with Gasteiger partial charge in [-0.2, -0.15) is 0 Å². The Morgan fingerprint density at radius 2 is 2.00 bits per heavy atom. The normalized spacial score (nSPS) is 10.3. The number of carbonyl (C=O) groups is 1. The van der Waals surface area contributed by atoms with Gasteiger partial charge in [0.2, 0.25) is 5.91 Å². The second-order valence-corrected chi connectivity index (χ2v) is 5.30. The molecule has 1 aromatic heterocycles. The first-order valence-corrected chi connectivity index (χ1v) is 7.08. The molecule has 1 N–H and O–H groups in total. The van der Waals surface area contributed by atoms with Crippen LogP contribution in [0.3, 0.4) is 0 Å². The second kappa shape index (κ2) is 7.14. The molecule has 0 unspecified atom stereocenters. The van der Waals surface area contributed by atoms with Gasteiger partial charge in [-0.3, -0.25) is 4.79 Å². The van der Waals surface area contributed by atoms with E-state index < -0.39 is 0 Å². The molecular weight excluding hydrogens is 323 g/mol. The summed E-state index contributed by atoms with van der Waals surface area (Å²) in [5.41, 5.74) is 1.03. The molecule has 1 amide bonds. The van der Waals surface area contributed by atoms with E-state index >= 15 is 0 Å². The summed E-state index contributed by atoms with van der Waals surface area (Å²) in [4.78, 5) is 15.8. The molecule has 5 heteroatoms. The van der Waals surface area contributed by atoms with Crippen LogP contribution in [0.1, 0.15) is 18.4 Å². The van der Waals surface area contributed by atoms with Gasteiger partial charge in [-0.15, -0.1) is 0 Å². The minimum atomic E-state index is -0.243. The highest BCUT2D eigenvalue weighted by Crippen LogP contribution is 2.13. The number of hydrogen-bond donors (Lipinski definition) is 1. The minimum Gasteiger partial charge on any atom is -0.311 e. The summed E-state index contributed by atoms with van der Waals surface area (Å²) < 4.78 is 13.6. The van der Waals surface area contributed by atoms with E-state index in [-0.39, 0.29) is 11.7 Å². The van der Waals surface area contributed by atoms with Crippen molar-refractivity contribution in [1.82, 2.24) is 4.98 Å². The Labute approximate surface area is 125 Å². The quantitative estimate of drug-likeness (QED) is 0.898. The highest BCUT2D eigenvalue weighted by Gasteiger charge is 2.04. The number of amides is 1. The molecule has 0 atom stereocenters. The molecule has 104 valence electrons. The maximum absolute atomic E-state index is 12.7. The Kier molecular flexibility index (Phi) is 5.24. The summed E-state index contributed by atoms with van der Waals surface area (Å²) in [5, 5.41) is 2.74. The lowest BCUT2D eigenvalue weighted by molar-refractivity contribution is -0.116. The maximum Gasteiger partial charge on any atom is 0.225 e. The Balaban J connectivity index is 1.76. The number of aryl methyl sites for hydroxylation is 1. The molecule has 0 saturated carbocycles. The van der Waals surface area contributed by atoms with Crippen molar-refractivity contribution in [2.45, 2.75) is 19.3 Å². The molecule has 0 saturated heterocycles. The summed E-state index contributed by atoms with van der Waals surface area (Å²) >= 11 is 3.32. The molecule has 0 aliphatic rings. The molecule has 0 aliphatic heterocycles. The number of anilines is 1. The summed E-state index contributed by atoms with van der Waals surface area (Å²) in [6, 6.07) is 9.88. The van der Waals surface area contributed by atoms with Crippen LogP contribution < -0.4 is 5.32 Å². The van der Waals surface area contributed by atoms with Gasteiger partial charge in [0, 0.05) is 17.1 Å². The number of rotatable bonds is 5. The van der Waals surface area contributed by atoms with E-state index in [4.69, 9.17) is 0 Å². The van der Waals surface area contributed by atoms with Crippen LogP contribution >= 0.6 is 15.9 Å². The fourth-order valence-electron chi connectivity index (χ4n) is 1.78. The summed E-state index contributed by atoms with van der Waals surface area (Å²) in [7, 11) is 0. The third kappa shape index (κ3) is 4.74. The third-order valence-corrected chi connectivity index (χ3v) is 3.27. The maximum atomic E-state index is 12.7. The predicted molar refractivity (Wildman–Crippen MR) is 79.9 cm³/mol. The number of nitrogens with zero attached hydrogens (tertiary/aromatic N) is 1. The molecule has 3 nitrogen and oxygen atoms in total. The number of hydrogen-bond acceptors (Lipinski definition) is 2. The smallest absolute Gasteiger partial charge is 0.225 e. The molecule has 2 aromatic rings. The Bertz CT molecular complexity index is 587. The van der Waals surface area contributed by atoms with Crippen molar-refractivity contribution in [3.05, 3.63) is 58.4 Å². The van der Waals surface area contributed by atoms with Crippen LogP contribution in [-0.4, -0.2) is 10.9 Å². The summed E-state index contributed by atoms with van der Waals surface area (Å²) in [5.74, 6) is 0.219. The monoisotopic (exact) mass is 336 g/mol. The lowest BCUT2D eigenvalue weighted by Gasteiger charge is -2.05. The van der Waals surface area contributed by atoms with Gasteiger partial charge >= 0.3 is 0 Å². The second-order valence-electron chi connectivity index (χ2n) is 4.39. The van der Waals surface area contributed by atoms with E-state index in [0.717, 1.165) is 16.5 Å². The highest BCUT2D eigenvalue weighted by molar-refractivity contribution is 9.10. The van der Waals surface area contributed by atoms with Gasteiger partial charge in [0.1, 0.15) is 11.6 Å². The molecular formula is C15H14BrFN2O. The lowest BCUT2D eigenvalue weighted by Crippen LogP contribution is -2.12. The predicted octanol–water partition coefficient (Wildman–Crippen LogP) is 3.94. The van der Waals surface area contributed by atoms with E-state index in [1.165, 1.54) is 12.1 Å². The fourth-order valence-corrected chi connectivity index (χ4v) is 2.12. The van der Waals surface area contributed by atoms with Gasteiger partial charge in [-0.25, -0.2) is 9.37 Å². The summed E-state index contributed by atoms with van der Waals surface area (Å²) in [6.07, 6.45) is 3.49. The van der Waals surface area contributed by atoms with Gasteiger partial charge in [-0.05, 0) is 42.7 Å². The van der Waals surface area contributed by atoms with Gasteiger partial charge < -0.3 is 5.32 Å². The van der Waals surface area contributed by atoms with Crippen molar-refractivity contribution in [1.29, 1.82) is 0 Å². The average Bonchev–Trinajstić information content (AvgIpc) is 2.41. The van der Waals surface area contributed by atoms with Crippen LogP contribution in [0.15, 0.2) is 47.1 Å². The largest absolute Gasteiger partial charge is 0.311 e. The standard InChI is InChI=1S/C15H14BrFN2O/c16-12-8-9-18-14(10-12)19-15(20)3-1-2-11-4-6-13(17)7-5-11/h4-10H,1-3H2,(H,18,19,20). The van der Waals surface area contributed by atoms with Gasteiger partial charge in [0.15, 0.2) is 0 Å². The van der Waals surface area contributed by atoms with Crippen LogP contribution in [-0.2, 0) is 11.2 Å². The SMILES string of the molecule is O=C(CCCc1ccc(F)cc1)Nc1cc(Br)ccn1. The Morgan fingerprint density at radius 3 is 2.70 bits per heavy atom. The Morgan fingerprint density at radius 1 is 1.25 bits per heavy atom. The van der Waals surface area contributed by atoms with E-state index in [0.29, 0.717) is 18.7 Å². The number of carbonyl (C=O) groups excluding carboxylic acids is 1. The molecule has 0 bridgehead atoms. The first-order chi connectivity index (χ1) is 9.63. The van der Waals surface area contributed by atoms with Crippen molar-refractivity contribution in [2.75, 3.05) is 5.32 Å². The van der Waals surface area contributed by atoms with E-state index in [2.05, 4.69) is 26.2 Å². The first kappa shape index (κ1) is 14.7. The van der Waals surface area contributed by atoms with Crippen LogP contribution in [0.2, 0.25) is 0 Å². The molecule has 0 spiro atoms. The van der Waals surface area contributed by atoms with Crippen LogP contribution in [0, 0.1) is 5.82 Å². The summed E-state index contributed by atoms with van der Waals surface area (Å²) in [6.45, 7) is 0. The minimum absolute atomic E-state index is 0.0716. The van der Waals surface area contributed by atoms with Crippen molar-refractivity contribution < 1.29 is 9.18 Å². The number of benzene rings is 1. The van der Waals surface area contributed by atoms with Gasteiger partial charge in [0.25, 0.3) is 0 Å². The molecule has 0 fully saturated rings. The van der Waals surface area contributed by atoms with E-state index in [1.807, 2.05) is 0 Å². The lowest BCUT2D eigenvalue weighted by atomic mass is 10.1. The number of pyridine rings is 1. The van der Waals surface area contributed by atoms with E-state index in [1.54, 1.807) is 30.5 Å². The number of halogens is 2. The molecule has 0 aliphatic carbocycles. The average molecular weight is 337 g/mol. The molecule has 1 aromatic carbocycles. The molecule has 1 heterocycles.